The molecular weight excluding hydrogens is 222 g/mol. The second-order valence-electron chi connectivity index (χ2n) is 4.10. The average molecular weight is 235 g/mol. The third-order valence-corrected chi connectivity index (χ3v) is 2.84. The van der Waals surface area contributed by atoms with Crippen molar-refractivity contribution >= 4 is 11.9 Å². The summed E-state index contributed by atoms with van der Waals surface area (Å²) < 4.78 is 0. The summed E-state index contributed by atoms with van der Waals surface area (Å²) in [6, 6.07) is 9.46. The van der Waals surface area contributed by atoms with Crippen molar-refractivity contribution in [1.82, 2.24) is 0 Å². The summed E-state index contributed by atoms with van der Waals surface area (Å²) in [5.41, 5.74) is 3.51. The summed E-state index contributed by atoms with van der Waals surface area (Å²) in [4.78, 5) is 11.5. The van der Waals surface area contributed by atoms with Crippen LogP contribution in [-0.2, 0) is 4.79 Å². The number of benzene rings is 1. The maximum Gasteiger partial charge on any atom is 0.181 e. The highest BCUT2D eigenvalue weighted by molar-refractivity contribution is 6.06. The SMILES string of the molecule is CCC1=CC(=Cc2ccc(C#N)cc2)C=CC1=O. The predicted octanol–water partition coefficient (Wildman–Crippen LogP) is 3.42. The van der Waals surface area contributed by atoms with Crippen LogP contribution in [0, 0.1) is 11.3 Å². The fraction of sp³-hybridized carbons (Fsp3) is 0.125. The second-order valence-corrected chi connectivity index (χ2v) is 4.10. The molecule has 0 aliphatic heterocycles. The van der Waals surface area contributed by atoms with Crippen molar-refractivity contribution in [3.63, 3.8) is 0 Å². The lowest BCUT2D eigenvalue weighted by molar-refractivity contribution is -0.111. The molecule has 0 radical (unpaired) electrons. The Morgan fingerprint density at radius 3 is 2.56 bits per heavy atom. The van der Waals surface area contributed by atoms with Crippen LogP contribution in [0.4, 0.5) is 0 Å². The van der Waals surface area contributed by atoms with E-state index in [1.54, 1.807) is 18.2 Å². The van der Waals surface area contributed by atoms with Gasteiger partial charge in [-0.25, -0.2) is 0 Å². The number of rotatable bonds is 2. The van der Waals surface area contributed by atoms with E-state index in [9.17, 15) is 4.79 Å². The zero-order valence-electron chi connectivity index (χ0n) is 10.2. The summed E-state index contributed by atoms with van der Waals surface area (Å²) in [7, 11) is 0. The Morgan fingerprint density at radius 2 is 1.94 bits per heavy atom. The zero-order chi connectivity index (χ0) is 13.0. The van der Waals surface area contributed by atoms with E-state index >= 15 is 0 Å². The molecule has 0 N–H and O–H groups in total. The van der Waals surface area contributed by atoms with E-state index in [2.05, 4.69) is 6.07 Å². The molecule has 0 amide bonds. The Kier molecular flexibility index (Phi) is 3.54. The Morgan fingerprint density at radius 1 is 1.22 bits per heavy atom. The van der Waals surface area contributed by atoms with Crippen LogP contribution in [0.3, 0.4) is 0 Å². The molecule has 2 nitrogen and oxygen atoms in total. The first-order chi connectivity index (χ1) is 8.72. The smallest absolute Gasteiger partial charge is 0.181 e. The predicted molar refractivity (Wildman–Crippen MR) is 71.7 cm³/mol. The zero-order valence-corrected chi connectivity index (χ0v) is 10.2. The minimum atomic E-state index is 0.0921. The molecule has 0 bridgehead atoms. The number of nitrogens with zero attached hydrogens (tertiary/aromatic N) is 1. The third kappa shape index (κ3) is 2.64. The third-order valence-electron chi connectivity index (χ3n) is 2.84. The first-order valence-corrected chi connectivity index (χ1v) is 5.88. The minimum Gasteiger partial charge on any atom is -0.290 e. The summed E-state index contributed by atoms with van der Waals surface area (Å²) in [5, 5.41) is 8.72. The number of hydrogen-bond acceptors (Lipinski definition) is 2. The standard InChI is InChI=1S/C16H13NO/c1-2-15-10-14(7-8-16(15)18)9-12-3-5-13(11-17)6-4-12/h3-10H,2H2,1H3. The number of carbonyl (C=O) groups excluding carboxylic acids is 1. The van der Waals surface area contributed by atoms with Crippen LogP contribution >= 0.6 is 0 Å². The average Bonchev–Trinajstić information content (AvgIpc) is 2.42. The quantitative estimate of drug-likeness (QED) is 0.788. The molecule has 0 aromatic heterocycles. The molecule has 0 unspecified atom stereocenters. The van der Waals surface area contributed by atoms with E-state index in [-0.39, 0.29) is 5.78 Å². The molecule has 1 aromatic rings. The highest BCUT2D eigenvalue weighted by Gasteiger charge is 2.08. The lowest BCUT2D eigenvalue weighted by atomic mass is 9.97. The van der Waals surface area contributed by atoms with Crippen LogP contribution in [0.1, 0.15) is 24.5 Å². The molecular formula is C16H13NO. The second kappa shape index (κ2) is 5.29. The Bertz CT molecular complexity index is 595. The molecule has 0 saturated carbocycles. The molecule has 1 aliphatic rings. The molecule has 18 heavy (non-hydrogen) atoms. The molecule has 0 fully saturated rings. The van der Waals surface area contributed by atoms with Crippen LogP contribution in [0.15, 0.2) is 53.6 Å². The van der Waals surface area contributed by atoms with Gasteiger partial charge in [-0.1, -0.05) is 25.1 Å². The molecule has 2 rings (SSSR count). The van der Waals surface area contributed by atoms with Gasteiger partial charge in [-0.3, -0.25) is 4.79 Å². The Balaban J connectivity index is 2.28. The van der Waals surface area contributed by atoms with Gasteiger partial charge in [0.1, 0.15) is 0 Å². The van der Waals surface area contributed by atoms with Gasteiger partial charge >= 0.3 is 0 Å². The minimum absolute atomic E-state index is 0.0921. The maximum absolute atomic E-state index is 11.5. The van der Waals surface area contributed by atoms with E-state index < -0.39 is 0 Å². The molecule has 1 aromatic carbocycles. The molecule has 0 saturated heterocycles. The highest BCUT2D eigenvalue weighted by atomic mass is 16.1. The van der Waals surface area contributed by atoms with Crippen molar-refractivity contribution in [1.29, 1.82) is 5.26 Å². The number of ketones is 1. The van der Waals surface area contributed by atoms with Crippen molar-refractivity contribution in [2.75, 3.05) is 0 Å². The summed E-state index contributed by atoms with van der Waals surface area (Å²) in [6.45, 7) is 1.97. The van der Waals surface area contributed by atoms with Crippen molar-refractivity contribution in [3.8, 4) is 6.07 Å². The summed E-state index contributed by atoms with van der Waals surface area (Å²) in [6.07, 6.45) is 8.09. The van der Waals surface area contributed by atoms with Gasteiger partial charge in [0.05, 0.1) is 11.6 Å². The van der Waals surface area contributed by atoms with Gasteiger partial charge in [-0.2, -0.15) is 5.26 Å². The van der Waals surface area contributed by atoms with E-state index in [1.807, 2.05) is 37.3 Å². The monoisotopic (exact) mass is 235 g/mol. The van der Waals surface area contributed by atoms with Crippen molar-refractivity contribution in [2.24, 2.45) is 0 Å². The molecule has 1 aliphatic carbocycles. The van der Waals surface area contributed by atoms with Gasteiger partial charge in [0.15, 0.2) is 5.78 Å². The van der Waals surface area contributed by atoms with Crippen LogP contribution < -0.4 is 0 Å². The van der Waals surface area contributed by atoms with Crippen LogP contribution in [-0.4, -0.2) is 5.78 Å². The van der Waals surface area contributed by atoms with Crippen molar-refractivity contribution in [2.45, 2.75) is 13.3 Å². The van der Waals surface area contributed by atoms with Crippen LogP contribution in [0.2, 0.25) is 0 Å². The van der Waals surface area contributed by atoms with Crippen LogP contribution in [0.25, 0.3) is 6.08 Å². The molecule has 0 atom stereocenters. The van der Waals surface area contributed by atoms with Gasteiger partial charge in [0, 0.05) is 0 Å². The maximum atomic E-state index is 11.5. The first kappa shape index (κ1) is 12.1. The molecule has 88 valence electrons. The largest absolute Gasteiger partial charge is 0.290 e. The van der Waals surface area contributed by atoms with Crippen molar-refractivity contribution < 1.29 is 4.79 Å². The number of allylic oxidation sites excluding steroid dienone is 5. The molecule has 0 heterocycles. The topological polar surface area (TPSA) is 40.9 Å². The number of nitriles is 1. The molecule has 2 heteroatoms. The van der Waals surface area contributed by atoms with E-state index in [0.29, 0.717) is 5.56 Å². The Hall–Kier alpha value is -2.40. The van der Waals surface area contributed by atoms with E-state index in [4.69, 9.17) is 5.26 Å². The van der Waals surface area contributed by atoms with Crippen LogP contribution in [0.5, 0.6) is 0 Å². The summed E-state index contributed by atoms with van der Waals surface area (Å²) in [5.74, 6) is 0.0921. The fourth-order valence-corrected chi connectivity index (χ4v) is 1.81. The Labute approximate surface area is 107 Å². The van der Waals surface area contributed by atoms with Gasteiger partial charge < -0.3 is 0 Å². The first-order valence-electron chi connectivity index (χ1n) is 5.88. The van der Waals surface area contributed by atoms with Gasteiger partial charge in [-0.15, -0.1) is 0 Å². The normalized spacial score (nSPS) is 16.6. The van der Waals surface area contributed by atoms with Gasteiger partial charge in [0.25, 0.3) is 0 Å². The van der Waals surface area contributed by atoms with Gasteiger partial charge in [0.2, 0.25) is 0 Å². The fourth-order valence-electron chi connectivity index (χ4n) is 1.81. The highest BCUT2D eigenvalue weighted by Crippen LogP contribution is 2.18. The van der Waals surface area contributed by atoms with Gasteiger partial charge in [-0.05, 0) is 53.5 Å². The lowest BCUT2D eigenvalue weighted by Crippen LogP contribution is -2.01. The lowest BCUT2D eigenvalue weighted by Gasteiger charge is -2.07. The number of carbonyl (C=O) groups is 1. The summed E-state index contributed by atoms with van der Waals surface area (Å²) >= 11 is 0. The van der Waals surface area contributed by atoms with E-state index in [1.165, 1.54) is 0 Å². The van der Waals surface area contributed by atoms with E-state index in [0.717, 1.165) is 23.1 Å². The number of hydrogen-bond donors (Lipinski definition) is 0. The molecule has 0 spiro atoms. The van der Waals surface area contributed by atoms with Crippen molar-refractivity contribution in [3.05, 3.63) is 64.8 Å².